The van der Waals surface area contributed by atoms with E-state index in [0.717, 1.165) is 38.7 Å². The minimum atomic E-state index is -3.66. The van der Waals surface area contributed by atoms with Gasteiger partial charge in [-0.15, -0.1) is 0 Å². The number of fused-ring (bicyclic) bond motifs is 2. The highest BCUT2D eigenvalue weighted by Gasteiger charge is 2.45. The van der Waals surface area contributed by atoms with Gasteiger partial charge < -0.3 is 5.53 Å². The average molecular weight is 511 g/mol. The molecule has 1 unspecified atom stereocenters. The van der Waals surface area contributed by atoms with Crippen LogP contribution in [0.15, 0.2) is 52.9 Å². The van der Waals surface area contributed by atoms with Gasteiger partial charge in [-0.25, -0.2) is 8.42 Å². The fraction of sp³-hybridized carbons (Fsp3) is 0.250. The summed E-state index contributed by atoms with van der Waals surface area (Å²) in [5.74, 6) is 0. The molecular formula is C20H16ClIN2O2S. The summed E-state index contributed by atoms with van der Waals surface area (Å²) in [5, 5.41) is -0.206. The lowest BCUT2D eigenvalue weighted by Crippen LogP contribution is -2.36. The fourth-order valence-electron chi connectivity index (χ4n) is 3.99. The van der Waals surface area contributed by atoms with Crippen molar-refractivity contribution in [2.24, 2.45) is 0 Å². The van der Waals surface area contributed by atoms with Gasteiger partial charge in [0.15, 0.2) is 15.1 Å². The maximum Gasteiger partial charge on any atom is 0.318 e. The highest BCUT2D eigenvalue weighted by Crippen LogP contribution is 2.41. The molecule has 27 heavy (non-hydrogen) atoms. The Morgan fingerprint density at radius 3 is 2.52 bits per heavy atom. The molecule has 2 aromatic carbocycles. The minimum absolute atomic E-state index is 0.248. The van der Waals surface area contributed by atoms with Crippen LogP contribution in [0.2, 0.25) is 5.02 Å². The van der Waals surface area contributed by atoms with Crippen molar-refractivity contribution in [2.75, 3.05) is 0 Å². The predicted molar refractivity (Wildman–Crippen MR) is 115 cm³/mol. The van der Waals surface area contributed by atoms with E-state index in [1.807, 2.05) is 12.1 Å². The summed E-state index contributed by atoms with van der Waals surface area (Å²) >= 11 is 8.27. The quantitative estimate of drug-likeness (QED) is 0.326. The Bertz CT molecular complexity index is 1120. The van der Waals surface area contributed by atoms with Gasteiger partial charge >= 0.3 is 5.71 Å². The summed E-state index contributed by atoms with van der Waals surface area (Å²) in [4.78, 5) is 3.74. The monoisotopic (exact) mass is 510 g/mol. The first-order valence-corrected chi connectivity index (χ1v) is 11.6. The smallest absolute Gasteiger partial charge is 0.318 e. The molecule has 2 aromatic rings. The summed E-state index contributed by atoms with van der Waals surface area (Å²) in [6.07, 6.45) is 2.81. The molecule has 7 heteroatoms. The van der Waals surface area contributed by atoms with Crippen LogP contribution in [0.3, 0.4) is 0 Å². The number of hydrogen-bond acceptors (Lipinski definition) is 2. The lowest BCUT2D eigenvalue weighted by Gasteiger charge is -2.28. The van der Waals surface area contributed by atoms with Gasteiger partial charge in [0.1, 0.15) is 0 Å². The maximum atomic E-state index is 13.3. The summed E-state index contributed by atoms with van der Waals surface area (Å²) in [6.45, 7) is 0. The normalized spacial score (nSPS) is 19.3. The van der Waals surface area contributed by atoms with Crippen molar-refractivity contribution in [1.29, 1.82) is 0 Å². The molecular weight excluding hydrogens is 495 g/mol. The third-order valence-electron chi connectivity index (χ3n) is 5.28. The molecule has 0 spiro atoms. The van der Waals surface area contributed by atoms with E-state index >= 15 is 0 Å². The van der Waals surface area contributed by atoms with Crippen molar-refractivity contribution in [3.8, 4) is 0 Å². The molecule has 0 N–H and O–H groups in total. The van der Waals surface area contributed by atoms with E-state index in [4.69, 9.17) is 11.6 Å². The fourth-order valence-corrected chi connectivity index (χ4v) is 6.28. The molecule has 0 heterocycles. The summed E-state index contributed by atoms with van der Waals surface area (Å²) < 4.78 is 27.5. The van der Waals surface area contributed by atoms with Gasteiger partial charge in [-0.2, -0.15) is 4.79 Å². The first kappa shape index (κ1) is 18.9. The largest absolute Gasteiger partial charge is 0.361 e. The Kier molecular flexibility index (Phi) is 5.01. The second-order valence-corrected chi connectivity index (χ2v) is 10.6. The van der Waals surface area contributed by atoms with Crippen LogP contribution in [0.4, 0.5) is 0 Å². The van der Waals surface area contributed by atoms with Gasteiger partial charge in [0, 0.05) is 8.59 Å². The van der Waals surface area contributed by atoms with Crippen LogP contribution < -0.4 is 0 Å². The van der Waals surface area contributed by atoms with Crippen molar-refractivity contribution in [1.82, 2.24) is 0 Å². The van der Waals surface area contributed by atoms with Gasteiger partial charge in [0.05, 0.1) is 10.5 Å². The van der Waals surface area contributed by atoms with E-state index in [1.165, 1.54) is 0 Å². The minimum Gasteiger partial charge on any atom is -0.361 e. The van der Waals surface area contributed by atoms with Crippen LogP contribution >= 0.6 is 34.2 Å². The summed E-state index contributed by atoms with van der Waals surface area (Å²) in [6, 6.07) is 12.4. The van der Waals surface area contributed by atoms with Crippen molar-refractivity contribution in [3.63, 3.8) is 0 Å². The zero-order valence-electron chi connectivity index (χ0n) is 14.3. The van der Waals surface area contributed by atoms with Gasteiger partial charge in [-0.1, -0.05) is 23.2 Å². The third kappa shape index (κ3) is 3.29. The van der Waals surface area contributed by atoms with Gasteiger partial charge in [-0.3, -0.25) is 0 Å². The lowest BCUT2D eigenvalue weighted by molar-refractivity contribution is -0.00557. The second-order valence-electron chi connectivity index (χ2n) is 6.79. The molecule has 2 aliphatic carbocycles. The zero-order valence-corrected chi connectivity index (χ0v) is 18.1. The second kappa shape index (κ2) is 7.17. The van der Waals surface area contributed by atoms with Crippen molar-refractivity contribution >= 4 is 55.3 Å². The third-order valence-corrected chi connectivity index (χ3v) is 8.37. The number of halogens is 2. The lowest BCUT2D eigenvalue weighted by atomic mass is 9.77. The molecule has 0 radical (unpaired) electrons. The van der Waals surface area contributed by atoms with E-state index < -0.39 is 15.1 Å². The topological polar surface area (TPSA) is 70.5 Å². The number of nitrogens with zero attached hydrogens (tertiary/aromatic N) is 2. The number of hydrogen-bond donors (Lipinski definition) is 0. The standard InChI is InChI=1S/C20H16ClIN2O2S/c21-14-4-9-17-13(11-14)2-1-12-3-10-18(20(24-23)19(12)17)27(25,26)16-7-5-15(22)6-8-16/h4-9,11,18H,1-3,10H2. The van der Waals surface area contributed by atoms with Crippen LogP contribution in [0.1, 0.15) is 30.4 Å². The van der Waals surface area contributed by atoms with E-state index in [9.17, 15) is 13.9 Å². The maximum absolute atomic E-state index is 13.3. The summed E-state index contributed by atoms with van der Waals surface area (Å²) in [5.41, 5.74) is 14.0. The molecule has 0 fully saturated rings. The average Bonchev–Trinajstić information content (AvgIpc) is 2.66. The number of benzene rings is 2. The van der Waals surface area contributed by atoms with Gasteiger partial charge in [-0.05, 0) is 95.8 Å². The first-order valence-electron chi connectivity index (χ1n) is 8.64. The highest BCUT2D eigenvalue weighted by atomic mass is 127. The molecule has 0 saturated heterocycles. The van der Waals surface area contributed by atoms with E-state index in [-0.39, 0.29) is 10.6 Å². The molecule has 4 nitrogen and oxygen atoms in total. The van der Waals surface area contributed by atoms with E-state index in [1.54, 1.807) is 30.3 Å². The Hall–Kier alpha value is -1.47. The Balaban J connectivity index is 1.83. The van der Waals surface area contributed by atoms with Crippen LogP contribution in [0.5, 0.6) is 0 Å². The first-order chi connectivity index (χ1) is 12.9. The number of sulfone groups is 1. The Morgan fingerprint density at radius 1 is 1.07 bits per heavy atom. The number of rotatable bonds is 2. The Morgan fingerprint density at radius 2 is 1.81 bits per heavy atom. The molecule has 4 rings (SSSR count). The summed E-state index contributed by atoms with van der Waals surface area (Å²) in [7, 11) is -3.66. The Labute approximate surface area is 176 Å². The number of allylic oxidation sites excluding steroid dienone is 2. The molecule has 0 aromatic heterocycles. The van der Waals surface area contributed by atoms with E-state index in [0.29, 0.717) is 17.9 Å². The molecule has 1 atom stereocenters. The molecule has 0 saturated carbocycles. The molecule has 2 aliphatic rings. The van der Waals surface area contributed by atoms with Crippen molar-refractivity contribution in [2.45, 2.75) is 35.8 Å². The van der Waals surface area contributed by atoms with Crippen LogP contribution in [0.25, 0.3) is 11.1 Å². The number of aryl methyl sites for hydroxylation is 1. The molecule has 138 valence electrons. The molecule has 0 bridgehead atoms. The molecule has 0 amide bonds. The van der Waals surface area contributed by atoms with Crippen LogP contribution in [0, 0.1) is 3.57 Å². The van der Waals surface area contributed by atoms with Crippen LogP contribution in [-0.2, 0) is 16.3 Å². The van der Waals surface area contributed by atoms with Crippen LogP contribution in [-0.4, -0.2) is 24.2 Å². The zero-order chi connectivity index (χ0) is 19.2. The van der Waals surface area contributed by atoms with Crippen molar-refractivity contribution < 1.29 is 13.2 Å². The van der Waals surface area contributed by atoms with Crippen molar-refractivity contribution in [3.05, 3.63) is 73.3 Å². The van der Waals surface area contributed by atoms with Gasteiger partial charge in [0.25, 0.3) is 0 Å². The highest BCUT2D eigenvalue weighted by molar-refractivity contribution is 14.1. The predicted octanol–water partition coefficient (Wildman–Crippen LogP) is 4.95. The van der Waals surface area contributed by atoms with Gasteiger partial charge in [0.2, 0.25) is 0 Å². The SMILES string of the molecule is [N-]=[N+]=C1C2=C(CCc3cc(Cl)ccc32)CCC1S(=O)(=O)c1ccc(I)cc1. The van der Waals surface area contributed by atoms with E-state index in [2.05, 4.69) is 27.4 Å². The molecule has 0 aliphatic heterocycles.